The van der Waals surface area contributed by atoms with Gasteiger partial charge in [-0.25, -0.2) is 9.59 Å². The van der Waals surface area contributed by atoms with Gasteiger partial charge in [0.1, 0.15) is 6.61 Å². The number of aliphatic carboxylic acids is 1. The highest BCUT2D eigenvalue weighted by atomic mass is 16.5. The zero-order valence-electron chi connectivity index (χ0n) is 20.0. The lowest BCUT2D eigenvalue weighted by Crippen LogP contribution is -2.57. The number of carbonyl (C=O) groups excluding carboxylic acids is 2. The molecule has 0 heterocycles. The maximum absolute atomic E-state index is 12.2. The van der Waals surface area contributed by atoms with Gasteiger partial charge in [0.2, 0.25) is 5.91 Å². The molecule has 1 aliphatic carbocycles. The molecule has 3 rings (SSSR count). The molecule has 0 aromatic heterocycles. The molecule has 0 spiro atoms. The van der Waals surface area contributed by atoms with Gasteiger partial charge in [0.25, 0.3) is 0 Å². The Kier molecular flexibility index (Phi) is 9.22. The van der Waals surface area contributed by atoms with Gasteiger partial charge in [-0.05, 0) is 28.7 Å². The van der Waals surface area contributed by atoms with Gasteiger partial charge in [-0.2, -0.15) is 0 Å². The number of amides is 2. The summed E-state index contributed by atoms with van der Waals surface area (Å²) in [6, 6.07) is 16.2. The highest BCUT2D eigenvalue weighted by Gasteiger charge is 2.38. The Bertz CT molecular complexity index is 996. The number of carboxylic acids is 1. The summed E-state index contributed by atoms with van der Waals surface area (Å²) in [7, 11) is 1.38. The Balaban J connectivity index is 1.35. The Morgan fingerprint density at radius 1 is 1.00 bits per heavy atom. The summed E-state index contributed by atoms with van der Waals surface area (Å²) in [5.41, 5.74) is 3.15. The highest BCUT2D eigenvalue weighted by Crippen LogP contribution is 2.44. The van der Waals surface area contributed by atoms with E-state index in [0.29, 0.717) is 0 Å². The molecule has 2 aromatic rings. The standard InChI is InChI=1S/C26H32N2O7/c1-3-26(17-33-2,24(30)31)28-23(29)12-14-34-15-13-27-25(32)35-16-22-20-10-6-4-8-18(20)19-9-5-7-11-21(19)22/h4-11,22H,3,12-17H2,1-2H3,(H,27,32)(H,28,29)(H,30,31). The lowest BCUT2D eigenvalue weighted by molar-refractivity contribution is -0.150. The predicted molar refractivity (Wildman–Crippen MR) is 129 cm³/mol. The fraction of sp³-hybridized carbons (Fsp3) is 0.423. The second-order valence-electron chi connectivity index (χ2n) is 8.34. The van der Waals surface area contributed by atoms with Gasteiger partial charge < -0.3 is 30.0 Å². The second kappa shape index (κ2) is 12.3. The molecule has 188 valence electrons. The predicted octanol–water partition coefficient (Wildman–Crippen LogP) is 2.93. The molecule has 9 heteroatoms. The highest BCUT2D eigenvalue weighted by molar-refractivity contribution is 5.87. The van der Waals surface area contributed by atoms with Crippen LogP contribution in [0.5, 0.6) is 0 Å². The van der Waals surface area contributed by atoms with Crippen LogP contribution in [-0.2, 0) is 23.8 Å². The lowest BCUT2D eigenvalue weighted by Gasteiger charge is -2.28. The van der Waals surface area contributed by atoms with Crippen LogP contribution in [0.25, 0.3) is 11.1 Å². The summed E-state index contributed by atoms with van der Waals surface area (Å²) < 4.78 is 15.8. The number of carbonyl (C=O) groups is 3. The van der Waals surface area contributed by atoms with Gasteiger partial charge in [-0.15, -0.1) is 0 Å². The largest absolute Gasteiger partial charge is 0.479 e. The van der Waals surface area contributed by atoms with Crippen molar-refractivity contribution in [2.45, 2.75) is 31.2 Å². The number of hydrogen-bond acceptors (Lipinski definition) is 6. The van der Waals surface area contributed by atoms with Crippen LogP contribution in [0.2, 0.25) is 0 Å². The molecule has 1 aliphatic rings. The number of nitrogens with one attached hydrogen (secondary N) is 2. The van der Waals surface area contributed by atoms with Crippen LogP contribution in [0.4, 0.5) is 4.79 Å². The van der Waals surface area contributed by atoms with Gasteiger partial charge >= 0.3 is 12.1 Å². The molecule has 0 saturated carbocycles. The van der Waals surface area contributed by atoms with Gasteiger partial charge in [0.15, 0.2) is 5.54 Å². The SMILES string of the molecule is CCC(COC)(NC(=O)CCOCCNC(=O)OCC1c2ccccc2-c2ccccc21)C(=O)O. The van der Waals surface area contributed by atoms with E-state index in [9.17, 15) is 19.5 Å². The Hall–Kier alpha value is -3.43. The van der Waals surface area contributed by atoms with Crippen LogP contribution >= 0.6 is 0 Å². The summed E-state index contributed by atoms with van der Waals surface area (Å²) in [6.45, 7) is 2.26. The molecule has 1 unspecified atom stereocenters. The number of hydrogen-bond donors (Lipinski definition) is 3. The van der Waals surface area contributed by atoms with Crippen LogP contribution in [0.3, 0.4) is 0 Å². The number of carboxylic acid groups (broad SMARTS) is 1. The van der Waals surface area contributed by atoms with E-state index in [2.05, 4.69) is 34.9 Å². The topological polar surface area (TPSA) is 123 Å². The third-order valence-electron chi connectivity index (χ3n) is 6.12. The smallest absolute Gasteiger partial charge is 0.407 e. The molecule has 0 fully saturated rings. The maximum atomic E-state index is 12.2. The Labute approximate surface area is 204 Å². The van der Waals surface area contributed by atoms with Gasteiger partial charge in [-0.3, -0.25) is 4.79 Å². The van der Waals surface area contributed by atoms with E-state index < -0.39 is 23.5 Å². The number of rotatable bonds is 13. The van der Waals surface area contributed by atoms with Gasteiger partial charge in [-0.1, -0.05) is 55.5 Å². The molecule has 1 atom stereocenters. The lowest BCUT2D eigenvalue weighted by atomic mass is 9.97. The molecule has 0 saturated heterocycles. The zero-order valence-corrected chi connectivity index (χ0v) is 20.0. The molecular weight excluding hydrogens is 452 g/mol. The second-order valence-corrected chi connectivity index (χ2v) is 8.34. The van der Waals surface area contributed by atoms with Crippen molar-refractivity contribution in [2.24, 2.45) is 0 Å². The normalized spacial score (nSPS) is 13.9. The van der Waals surface area contributed by atoms with Crippen molar-refractivity contribution >= 4 is 18.0 Å². The Morgan fingerprint density at radius 2 is 1.63 bits per heavy atom. The van der Waals surface area contributed by atoms with E-state index in [1.165, 1.54) is 7.11 Å². The fourth-order valence-electron chi connectivity index (χ4n) is 4.21. The number of fused-ring (bicyclic) bond motifs is 3. The van der Waals surface area contributed by atoms with Crippen molar-refractivity contribution in [3.8, 4) is 11.1 Å². The molecule has 2 aromatic carbocycles. The summed E-state index contributed by atoms with van der Waals surface area (Å²) in [5, 5.41) is 14.6. The minimum Gasteiger partial charge on any atom is -0.479 e. The number of benzene rings is 2. The van der Waals surface area contributed by atoms with Gasteiger partial charge in [0, 0.05) is 26.0 Å². The van der Waals surface area contributed by atoms with Crippen molar-refractivity contribution < 1.29 is 33.7 Å². The van der Waals surface area contributed by atoms with Gasteiger partial charge in [0.05, 0.1) is 19.8 Å². The van der Waals surface area contributed by atoms with Crippen LogP contribution in [0, 0.1) is 0 Å². The monoisotopic (exact) mass is 484 g/mol. The summed E-state index contributed by atoms with van der Waals surface area (Å²) >= 11 is 0. The zero-order chi connectivity index (χ0) is 25.3. The molecule has 0 bridgehead atoms. The number of alkyl carbamates (subject to hydrolysis) is 1. The van der Waals surface area contributed by atoms with Crippen LogP contribution in [0.15, 0.2) is 48.5 Å². The van der Waals surface area contributed by atoms with E-state index in [-0.39, 0.29) is 51.7 Å². The molecule has 35 heavy (non-hydrogen) atoms. The minimum atomic E-state index is -1.46. The minimum absolute atomic E-state index is 0.0102. The summed E-state index contributed by atoms with van der Waals surface area (Å²) in [5.74, 6) is -1.61. The third-order valence-corrected chi connectivity index (χ3v) is 6.12. The summed E-state index contributed by atoms with van der Waals surface area (Å²) in [6.07, 6.45) is -0.363. The fourth-order valence-corrected chi connectivity index (χ4v) is 4.21. The third kappa shape index (κ3) is 6.37. The first-order valence-electron chi connectivity index (χ1n) is 11.6. The molecule has 2 amide bonds. The summed E-state index contributed by atoms with van der Waals surface area (Å²) in [4.78, 5) is 35.8. The van der Waals surface area contributed by atoms with E-state index in [1.807, 2.05) is 24.3 Å². The van der Waals surface area contributed by atoms with E-state index in [0.717, 1.165) is 22.3 Å². The van der Waals surface area contributed by atoms with Crippen molar-refractivity contribution in [3.63, 3.8) is 0 Å². The molecule has 9 nitrogen and oxygen atoms in total. The van der Waals surface area contributed by atoms with E-state index in [4.69, 9.17) is 14.2 Å². The molecule has 0 aliphatic heterocycles. The first kappa shape index (κ1) is 26.2. The van der Waals surface area contributed by atoms with Crippen LogP contribution < -0.4 is 10.6 Å². The van der Waals surface area contributed by atoms with Crippen molar-refractivity contribution in [3.05, 3.63) is 59.7 Å². The molecule has 0 radical (unpaired) electrons. The van der Waals surface area contributed by atoms with Crippen molar-refractivity contribution in [1.82, 2.24) is 10.6 Å². The van der Waals surface area contributed by atoms with Crippen LogP contribution in [-0.4, -0.2) is 68.7 Å². The first-order valence-corrected chi connectivity index (χ1v) is 11.6. The quantitative estimate of drug-likeness (QED) is 0.374. The average molecular weight is 485 g/mol. The average Bonchev–Trinajstić information content (AvgIpc) is 3.18. The van der Waals surface area contributed by atoms with Crippen molar-refractivity contribution in [2.75, 3.05) is 40.1 Å². The Morgan fingerprint density at radius 3 is 2.20 bits per heavy atom. The van der Waals surface area contributed by atoms with E-state index in [1.54, 1.807) is 6.92 Å². The van der Waals surface area contributed by atoms with Crippen molar-refractivity contribution in [1.29, 1.82) is 0 Å². The molecular formula is C26H32N2O7. The van der Waals surface area contributed by atoms with E-state index >= 15 is 0 Å². The van der Waals surface area contributed by atoms with Crippen LogP contribution in [0.1, 0.15) is 36.8 Å². The maximum Gasteiger partial charge on any atom is 0.407 e. The molecule has 3 N–H and O–H groups in total. The number of ether oxygens (including phenoxy) is 3. The first-order chi connectivity index (χ1) is 16.9. The number of methoxy groups -OCH3 is 1.